The molecule has 0 amide bonds. The minimum atomic E-state index is -0.325. The monoisotopic (exact) mass is 401 g/mol. The number of hydrogen-bond donors (Lipinski definition) is 2. The maximum absolute atomic E-state index is 10.6. The van der Waals surface area contributed by atoms with E-state index in [0.717, 1.165) is 12.8 Å². The van der Waals surface area contributed by atoms with Crippen LogP contribution < -0.4 is 0 Å². The topological polar surface area (TPSA) is 43.7 Å². The first-order chi connectivity index (χ1) is 14.2. The molecule has 4 rings (SSSR count). The lowest BCUT2D eigenvalue weighted by atomic mass is 9.88. The third-order valence-corrected chi connectivity index (χ3v) is 8.23. The highest BCUT2D eigenvalue weighted by atomic mass is 16.3. The average Bonchev–Trinajstić information content (AvgIpc) is 3.46. The molecule has 3 nitrogen and oxygen atoms in total. The van der Waals surface area contributed by atoms with Gasteiger partial charge >= 0.3 is 0 Å². The maximum Gasteiger partial charge on any atom is 0.0723 e. The standard InChI is InChI=1S/C26H43NO2/c28-23(17-20-8-3-4-9-20)11-12-24-25-18-21(16-22(25)19-26(24)29)10-2-1-5-13-27-14-6-7-15-27/h11-12,16,20,22-26,28-29H,1-10,13-15,17-19H2/b12-11+/t22?,23-,24-,25?,26-/m1/s1. The quantitative estimate of drug-likeness (QED) is 0.396. The summed E-state index contributed by atoms with van der Waals surface area (Å²) in [6, 6.07) is 0. The Kier molecular flexibility index (Phi) is 7.89. The molecule has 0 bridgehead atoms. The fourth-order valence-corrected chi connectivity index (χ4v) is 6.58. The molecule has 3 heteroatoms. The normalized spacial score (nSPS) is 34.3. The molecule has 1 saturated heterocycles. The van der Waals surface area contributed by atoms with Crippen molar-refractivity contribution in [3.63, 3.8) is 0 Å². The van der Waals surface area contributed by atoms with Gasteiger partial charge in [0.15, 0.2) is 0 Å². The van der Waals surface area contributed by atoms with E-state index in [9.17, 15) is 10.2 Å². The lowest BCUT2D eigenvalue weighted by Gasteiger charge is -2.19. The van der Waals surface area contributed by atoms with Crippen molar-refractivity contribution in [2.24, 2.45) is 23.7 Å². The summed E-state index contributed by atoms with van der Waals surface area (Å²) in [5.74, 6) is 2.08. The van der Waals surface area contributed by atoms with Gasteiger partial charge in [0.2, 0.25) is 0 Å². The highest BCUT2D eigenvalue weighted by molar-refractivity contribution is 5.21. The molecular formula is C26H43NO2. The lowest BCUT2D eigenvalue weighted by Crippen LogP contribution is -2.20. The Morgan fingerprint density at radius 2 is 1.86 bits per heavy atom. The van der Waals surface area contributed by atoms with Gasteiger partial charge in [0, 0.05) is 5.92 Å². The Labute approximate surface area is 178 Å². The van der Waals surface area contributed by atoms with Crippen LogP contribution in [0.25, 0.3) is 0 Å². The van der Waals surface area contributed by atoms with Gasteiger partial charge in [0.05, 0.1) is 12.2 Å². The second-order valence-electron chi connectivity index (χ2n) is 10.4. The number of likely N-dealkylation sites (tertiary alicyclic amines) is 1. The van der Waals surface area contributed by atoms with Gasteiger partial charge in [-0.15, -0.1) is 0 Å². The second-order valence-corrected chi connectivity index (χ2v) is 10.4. The molecule has 0 aromatic carbocycles. The number of aliphatic hydroxyl groups excluding tert-OH is 2. The van der Waals surface area contributed by atoms with E-state index in [0.29, 0.717) is 17.8 Å². The fraction of sp³-hybridized carbons (Fsp3) is 0.846. The molecule has 5 atom stereocenters. The summed E-state index contributed by atoms with van der Waals surface area (Å²) < 4.78 is 0. The van der Waals surface area contributed by atoms with Crippen molar-refractivity contribution in [2.75, 3.05) is 19.6 Å². The Bertz CT molecular complexity index is 559. The highest BCUT2D eigenvalue weighted by Crippen LogP contribution is 2.48. The molecule has 0 radical (unpaired) electrons. The number of rotatable bonds is 10. The Balaban J connectivity index is 1.17. The van der Waals surface area contributed by atoms with Gasteiger partial charge in [-0.1, -0.05) is 55.9 Å². The second kappa shape index (κ2) is 10.6. The molecule has 0 spiro atoms. The number of fused-ring (bicyclic) bond motifs is 1. The number of allylic oxidation sites excluding steroid dienone is 2. The summed E-state index contributed by atoms with van der Waals surface area (Å²) in [5, 5.41) is 21.0. The van der Waals surface area contributed by atoms with Gasteiger partial charge in [-0.25, -0.2) is 0 Å². The maximum atomic E-state index is 10.6. The van der Waals surface area contributed by atoms with Gasteiger partial charge in [-0.3, -0.25) is 0 Å². The minimum Gasteiger partial charge on any atom is -0.392 e. The van der Waals surface area contributed by atoms with Gasteiger partial charge in [0.25, 0.3) is 0 Å². The van der Waals surface area contributed by atoms with E-state index in [-0.39, 0.29) is 18.1 Å². The first kappa shape index (κ1) is 21.6. The van der Waals surface area contributed by atoms with Crippen LogP contribution in [0, 0.1) is 23.7 Å². The lowest BCUT2D eigenvalue weighted by molar-refractivity contribution is 0.139. The highest BCUT2D eigenvalue weighted by Gasteiger charge is 2.43. The van der Waals surface area contributed by atoms with E-state index in [1.807, 2.05) is 6.08 Å². The van der Waals surface area contributed by atoms with Crippen LogP contribution in [0.3, 0.4) is 0 Å². The predicted octanol–water partition coefficient (Wildman–Crippen LogP) is 5.08. The third kappa shape index (κ3) is 5.95. The molecule has 1 heterocycles. The van der Waals surface area contributed by atoms with Crippen LogP contribution in [0.4, 0.5) is 0 Å². The predicted molar refractivity (Wildman–Crippen MR) is 120 cm³/mol. The van der Waals surface area contributed by atoms with Crippen molar-refractivity contribution in [1.29, 1.82) is 0 Å². The van der Waals surface area contributed by atoms with Crippen molar-refractivity contribution in [3.05, 3.63) is 23.8 Å². The van der Waals surface area contributed by atoms with E-state index in [1.165, 1.54) is 90.3 Å². The molecule has 2 saturated carbocycles. The van der Waals surface area contributed by atoms with Crippen molar-refractivity contribution in [1.82, 2.24) is 4.90 Å². The third-order valence-electron chi connectivity index (χ3n) is 8.23. The summed E-state index contributed by atoms with van der Waals surface area (Å²) in [4.78, 5) is 2.62. The smallest absolute Gasteiger partial charge is 0.0723 e. The van der Waals surface area contributed by atoms with Gasteiger partial charge < -0.3 is 15.1 Å². The molecule has 4 aliphatic rings. The van der Waals surface area contributed by atoms with Gasteiger partial charge in [-0.05, 0) is 88.8 Å². The van der Waals surface area contributed by atoms with E-state index < -0.39 is 0 Å². The molecule has 29 heavy (non-hydrogen) atoms. The molecule has 0 aromatic rings. The Morgan fingerprint density at radius 3 is 2.66 bits per heavy atom. The number of nitrogens with zero attached hydrogens (tertiary/aromatic N) is 1. The Morgan fingerprint density at radius 1 is 1.07 bits per heavy atom. The summed E-state index contributed by atoms with van der Waals surface area (Å²) in [5.41, 5.74) is 1.64. The van der Waals surface area contributed by atoms with Crippen LogP contribution in [-0.4, -0.2) is 47.0 Å². The first-order valence-corrected chi connectivity index (χ1v) is 12.7. The average molecular weight is 402 g/mol. The zero-order valence-electron chi connectivity index (χ0n) is 18.4. The summed E-state index contributed by atoms with van der Waals surface area (Å²) >= 11 is 0. The first-order valence-electron chi connectivity index (χ1n) is 12.7. The molecule has 3 fully saturated rings. The molecule has 2 N–H and O–H groups in total. The van der Waals surface area contributed by atoms with Gasteiger partial charge in [0.1, 0.15) is 0 Å². The van der Waals surface area contributed by atoms with E-state index in [2.05, 4.69) is 17.1 Å². The van der Waals surface area contributed by atoms with Crippen LogP contribution in [0.1, 0.15) is 83.5 Å². The Hall–Kier alpha value is -0.640. The molecule has 3 aliphatic carbocycles. The van der Waals surface area contributed by atoms with Crippen molar-refractivity contribution >= 4 is 0 Å². The summed E-state index contributed by atoms with van der Waals surface area (Å²) in [6.07, 6.45) is 22.4. The number of aliphatic hydroxyl groups is 2. The molecule has 1 aliphatic heterocycles. The molecule has 164 valence electrons. The zero-order valence-corrected chi connectivity index (χ0v) is 18.4. The van der Waals surface area contributed by atoms with Crippen molar-refractivity contribution in [2.45, 2.75) is 95.7 Å². The van der Waals surface area contributed by atoms with E-state index >= 15 is 0 Å². The van der Waals surface area contributed by atoms with E-state index in [1.54, 1.807) is 5.57 Å². The van der Waals surface area contributed by atoms with E-state index in [4.69, 9.17) is 0 Å². The zero-order chi connectivity index (χ0) is 20.1. The van der Waals surface area contributed by atoms with Crippen LogP contribution in [0.15, 0.2) is 23.8 Å². The van der Waals surface area contributed by atoms with Crippen molar-refractivity contribution < 1.29 is 10.2 Å². The summed E-state index contributed by atoms with van der Waals surface area (Å²) in [6.45, 7) is 3.94. The summed E-state index contributed by atoms with van der Waals surface area (Å²) in [7, 11) is 0. The minimum absolute atomic E-state index is 0.224. The fourth-order valence-electron chi connectivity index (χ4n) is 6.58. The largest absolute Gasteiger partial charge is 0.392 e. The molecule has 0 aromatic heterocycles. The van der Waals surface area contributed by atoms with Crippen molar-refractivity contribution in [3.8, 4) is 0 Å². The number of unbranched alkanes of at least 4 members (excludes halogenated alkanes) is 2. The van der Waals surface area contributed by atoms with Crippen LogP contribution in [-0.2, 0) is 0 Å². The van der Waals surface area contributed by atoms with Crippen LogP contribution in [0.5, 0.6) is 0 Å². The SMILES string of the molecule is O[C@H](/C=C/[C@@H]1C2CC(CCCCCN3CCCC3)=CC2C[C@H]1O)CC1CCCC1. The number of hydrogen-bond acceptors (Lipinski definition) is 3. The van der Waals surface area contributed by atoms with Crippen LogP contribution >= 0.6 is 0 Å². The molecular weight excluding hydrogens is 358 g/mol. The molecule has 2 unspecified atom stereocenters. The van der Waals surface area contributed by atoms with Gasteiger partial charge in [-0.2, -0.15) is 0 Å². The van der Waals surface area contributed by atoms with Crippen LogP contribution in [0.2, 0.25) is 0 Å².